The van der Waals surface area contributed by atoms with Crippen LogP contribution in [-0.4, -0.2) is 24.4 Å². The van der Waals surface area contributed by atoms with Gasteiger partial charge in [-0.3, -0.25) is 0 Å². The van der Waals surface area contributed by atoms with E-state index in [1.807, 2.05) is 12.1 Å². The summed E-state index contributed by atoms with van der Waals surface area (Å²) in [5, 5.41) is 3.61. The lowest BCUT2D eigenvalue weighted by Crippen LogP contribution is -2.36. The van der Waals surface area contributed by atoms with Crippen molar-refractivity contribution in [2.75, 3.05) is 5.32 Å². The number of nitrogens with one attached hydrogen (secondary N) is 1. The Kier molecular flexibility index (Phi) is 5.30. The Hall–Kier alpha value is -1.22. The molecule has 0 amide bonds. The average molecular weight is 277 g/mol. The fourth-order valence-electron chi connectivity index (χ4n) is 2.73. The molecule has 1 aromatic rings. The first-order valence-corrected chi connectivity index (χ1v) is 7.75. The number of ether oxygens (including phenoxy) is 2. The van der Waals surface area contributed by atoms with Gasteiger partial charge in [-0.25, -0.2) is 0 Å². The summed E-state index contributed by atoms with van der Waals surface area (Å²) in [5.74, 6) is 0.942. The largest absolute Gasteiger partial charge is 0.491 e. The lowest BCUT2D eigenvalue weighted by atomic mass is 9.99. The van der Waals surface area contributed by atoms with Crippen LogP contribution in [-0.2, 0) is 4.74 Å². The second kappa shape index (κ2) is 6.98. The van der Waals surface area contributed by atoms with Crippen molar-refractivity contribution in [3.63, 3.8) is 0 Å². The minimum atomic E-state index is 0.258. The van der Waals surface area contributed by atoms with Crippen LogP contribution in [0.4, 0.5) is 5.69 Å². The summed E-state index contributed by atoms with van der Waals surface area (Å²) in [6.07, 6.45) is 4.05. The van der Waals surface area contributed by atoms with E-state index in [1.54, 1.807) is 0 Å². The Morgan fingerprint density at radius 1 is 1.30 bits per heavy atom. The molecule has 1 fully saturated rings. The van der Waals surface area contributed by atoms with Gasteiger partial charge in [-0.15, -0.1) is 0 Å². The Bertz CT molecular complexity index is 411. The minimum Gasteiger partial charge on any atom is -0.491 e. The highest BCUT2D eigenvalue weighted by Crippen LogP contribution is 2.25. The van der Waals surface area contributed by atoms with Gasteiger partial charge in [0, 0.05) is 17.8 Å². The number of hydrogen-bond donors (Lipinski definition) is 1. The monoisotopic (exact) mass is 277 g/mol. The molecule has 0 spiro atoms. The van der Waals surface area contributed by atoms with E-state index in [9.17, 15) is 0 Å². The molecule has 0 radical (unpaired) electrons. The molecule has 3 unspecified atom stereocenters. The van der Waals surface area contributed by atoms with Crippen molar-refractivity contribution in [2.24, 2.45) is 0 Å². The van der Waals surface area contributed by atoms with Gasteiger partial charge in [-0.05, 0) is 52.2 Å². The van der Waals surface area contributed by atoms with Gasteiger partial charge < -0.3 is 14.8 Å². The first-order chi connectivity index (χ1) is 9.56. The van der Waals surface area contributed by atoms with Crippen LogP contribution in [0.25, 0.3) is 0 Å². The van der Waals surface area contributed by atoms with Crippen molar-refractivity contribution in [3.05, 3.63) is 24.3 Å². The fourth-order valence-corrected chi connectivity index (χ4v) is 2.73. The predicted molar refractivity (Wildman–Crippen MR) is 83.5 cm³/mol. The highest BCUT2D eigenvalue weighted by molar-refractivity contribution is 5.49. The molecule has 2 rings (SSSR count). The highest BCUT2D eigenvalue weighted by atomic mass is 16.5. The van der Waals surface area contributed by atoms with Crippen LogP contribution in [0.15, 0.2) is 24.3 Å². The molecule has 20 heavy (non-hydrogen) atoms. The summed E-state index contributed by atoms with van der Waals surface area (Å²) in [4.78, 5) is 0. The third-order valence-electron chi connectivity index (χ3n) is 3.81. The molecule has 1 aromatic carbocycles. The molecular weight excluding hydrogens is 250 g/mol. The van der Waals surface area contributed by atoms with E-state index in [1.165, 1.54) is 0 Å². The Morgan fingerprint density at radius 2 is 2.00 bits per heavy atom. The molecule has 3 nitrogen and oxygen atoms in total. The van der Waals surface area contributed by atoms with E-state index in [0.717, 1.165) is 30.7 Å². The fraction of sp³-hybridized carbons (Fsp3) is 0.647. The molecule has 0 saturated carbocycles. The molecule has 1 N–H and O–H groups in total. The van der Waals surface area contributed by atoms with Gasteiger partial charge >= 0.3 is 0 Å². The zero-order valence-electron chi connectivity index (χ0n) is 13.1. The molecule has 112 valence electrons. The van der Waals surface area contributed by atoms with Crippen LogP contribution >= 0.6 is 0 Å². The van der Waals surface area contributed by atoms with Crippen LogP contribution < -0.4 is 10.1 Å². The predicted octanol–water partition coefficient (Wildman–Crippen LogP) is 4.23. The molecule has 1 aliphatic rings. The Morgan fingerprint density at radius 3 is 2.65 bits per heavy atom. The van der Waals surface area contributed by atoms with Crippen LogP contribution in [0.2, 0.25) is 0 Å². The zero-order chi connectivity index (χ0) is 14.5. The minimum absolute atomic E-state index is 0.258. The third kappa shape index (κ3) is 4.41. The maximum atomic E-state index is 5.87. The van der Waals surface area contributed by atoms with E-state index in [0.29, 0.717) is 18.2 Å². The highest BCUT2D eigenvalue weighted by Gasteiger charge is 2.24. The maximum absolute atomic E-state index is 5.87. The topological polar surface area (TPSA) is 30.5 Å². The molecular formula is C17H27NO2. The second-order valence-corrected chi connectivity index (χ2v) is 5.93. The van der Waals surface area contributed by atoms with Gasteiger partial charge in [0.2, 0.25) is 0 Å². The van der Waals surface area contributed by atoms with Crippen molar-refractivity contribution in [1.82, 2.24) is 0 Å². The maximum Gasteiger partial charge on any atom is 0.121 e. The van der Waals surface area contributed by atoms with E-state index in [2.05, 4.69) is 45.1 Å². The molecule has 1 heterocycles. The molecule has 0 bridgehead atoms. The molecule has 0 aromatic heterocycles. The van der Waals surface area contributed by atoms with Crippen molar-refractivity contribution in [2.45, 2.75) is 71.3 Å². The number of rotatable bonds is 5. The number of anilines is 1. The van der Waals surface area contributed by atoms with Gasteiger partial charge in [-0.1, -0.05) is 13.0 Å². The van der Waals surface area contributed by atoms with Crippen molar-refractivity contribution in [3.8, 4) is 5.75 Å². The zero-order valence-corrected chi connectivity index (χ0v) is 13.1. The van der Waals surface area contributed by atoms with Crippen molar-refractivity contribution < 1.29 is 9.47 Å². The third-order valence-corrected chi connectivity index (χ3v) is 3.81. The molecule has 1 saturated heterocycles. The summed E-state index contributed by atoms with van der Waals surface area (Å²) in [6.45, 7) is 8.53. The SMILES string of the molecule is CCC(C)Oc1cccc(NC2CC(C)OC(C)C2)c1. The molecule has 3 heteroatoms. The van der Waals surface area contributed by atoms with Crippen LogP contribution in [0.1, 0.15) is 47.0 Å². The smallest absolute Gasteiger partial charge is 0.121 e. The standard InChI is InChI=1S/C17H27NO2/c1-5-12(2)20-17-8-6-7-15(11-17)18-16-9-13(3)19-14(4)10-16/h6-8,11-14,16,18H,5,9-10H2,1-4H3. The first-order valence-electron chi connectivity index (χ1n) is 7.75. The quantitative estimate of drug-likeness (QED) is 0.873. The van der Waals surface area contributed by atoms with Gasteiger partial charge in [-0.2, -0.15) is 0 Å². The van der Waals surface area contributed by atoms with Gasteiger partial charge in [0.15, 0.2) is 0 Å². The lowest BCUT2D eigenvalue weighted by molar-refractivity contribution is -0.0337. The average Bonchev–Trinajstić information content (AvgIpc) is 2.37. The van der Waals surface area contributed by atoms with Gasteiger partial charge in [0.05, 0.1) is 18.3 Å². The molecule has 1 aliphatic heterocycles. The second-order valence-electron chi connectivity index (χ2n) is 5.93. The first kappa shape index (κ1) is 15.2. The van der Waals surface area contributed by atoms with Crippen molar-refractivity contribution in [1.29, 1.82) is 0 Å². The summed E-state index contributed by atoms with van der Waals surface area (Å²) in [6, 6.07) is 8.75. The summed E-state index contributed by atoms with van der Waals surface area (Å²) < 4.78 is 11.7. The van der Waals surface area contributed by atoms with Crippen molar-refractivity contribution >= 4 is 5.69 Å². The number of hydrogen-bond acceptors (Lipinski definition) is 3. The van der Waals surface area contributed by atoms with Crippen LogP contribution in [0.3, 0.4) is 0 Å². The van der Waals surface area contributed by atoms with Crippen LogP contribution in [0, 0.1) is 0 Å². The van der Waals surface area contributed by atoms with Gasteiger partial charge in [0.1, 0.15) is 5.75 Å². The van der Waals surface area contributed by atoms with E-state index in [4.69, 9.17) is 9.47 Å². The molecule has 0 aliphatic carbocycles. The van der Waals surface area contributed by atoms with E-state index in [-0.39, 0.29) is 6.10 Å². The Balaban J connectivity index is 1.97. The summed E-state index contributed by atoms with van der Waals surface area (Å²) >= 11 is 0. The van der Waals surface area contributed by atoms with Crippen LogP contribution in [0.5, 0.6) is 5.75 Å². The van der Waals surface area contributed by atoms with E-state index >= 15 is 0 Å². The number of benzene rings is 1. The normalized spacial score (nSPS) is 27.9. The molecule has 3 atom stereocenters. The Labute approximate surface area is 122 Å². The lowest BCUT2D eigenvalue weighted by Gasteiger charge is -2.33. The summed E-state index contributed by atoms with van der Waals surface area (Å²) in [7, 11) is 0. The van der Waals surface area contributed by atoms with Gasteiger partial charge in [0.25, 0.3) is 0 Å². The van der Waals surface area contributed by atoms with E-state index < -0.39 is 0 Å². The summed E-state index contributed by atoms with van der Waals surface area (Å²) in [5.41, 5.74) is 1.14.